The monoisotopic (exact) mass is 416 g/mol. The van der Waals surface area contributed by atoms with Crippen molar-refractivity contribution in [1.29, 1.82) is 0 Å². The number of hydrogen-bond donors (Lipinski definition) is 2. The fourth-order valence-electron chi connectivity index (χ4n) is 3.33. The predicted octanol–water partition coefficient (Wildman–Crippen LogP) is 4.21. The smallest absolute Gasteiger partial charge is 0.256 e. The zero-order valence-corrected chi connectivity index (χ0v) is 17.1. The lowest BCUT2D eigenvalue weighted by Crippen LogP contribution is -2.24. The van der Waals surface area contributed by atoms with Gasteiger partial charge in [-0.15, -0.1) is 12.4 Å². The first-order chi connectivity index (χ1) is 13.1. The zero-order chi connectivity index (χ0) is 18.8. The van der Waals surface area contributed by atoms with Crippen molar-refractivity contribution in [2.75, 3.05) is 11.9 Å². The van der Waals surface area contributed by atoms with Crippen LogP contribution in [0.1, 0.15) is 32.7 Å². The van der Waals surface area contributed by atoms with E-state index >= 15 is 0 Å². The maximum atomic E-state index is 12.6. The van der Waals surface area contributed by atoms with Crippen LogP contribution >= 0.6 is 24.0 Å². The molecule has 2 N–H and O–H groups in total. The van der Waals surface area contributed by atoms with Gasteiger partial charge in [-0.25, -0.2) is 0 Å². The molecule has 2 heterocycles. The molecule has 0 aliphatic carbocycles. The van der Waals surface area contributed by atoms with Gasteiger partial charge in [-0.05, 0) is 54.8 Å². The molecule has 0 saturated carbocycles. The molecule has 0 spiro atoms. The van der Waals surface area contributed by atoms with Crippen molar-refractivity contribution in [2.24, 2.45) is 0 Å². The van der Waals surface area contributed by atoms with Crippen molar-refractivity contribution >= 4 is 35.7 Å². The first-order valence-electron chi connectivity index (χ1n) is 9.02. The van der Waals surface area contributed by atoms with E-state index in [0.29, 0.717) is 22.9 Å². The van der Waals surface area contributed by atoms with Crippen molar-refractivity contribution in [2.45, 2.75) is 26.4 Å². The predicted molar refractivity (Wildman–Crippen MR) is 115 cm³/mol. The molecular formula is C21H22Cl2N4O. The number of fused-ring (bicyclic) bond motifs is 1. The summed E-state index contributed by atoms with van der Waals surface area (Å²) in [6.45, 7) is 4.34. The Labute approximate surface area is 175 Å². The topological polar surface area (TPSA) is 59.0 Å². The number of benzene rings is 2. The van der Waals surface area contributed by atoms with Crippen molar-refractivity contribution < 1.29 is 4.79 Å². The maximum Gasteiger partial charge on any atom is 0.256 e. The van der Waals surface area contributed by atoms with Gasteiger partial charge in [-0.2, -0.15) is 5.10 Å². The lowest BCUT2D eigenvalue weighted by molar-refractivity contribution is 0.102. The highest BCUT2D eigenvalue weighted by molar-refractivity contribution is 6.31. The minimum Gasteiger partial charge on any atom is -0.312 e. The van der Waals surface area contributed by atoms with E-state index in [1.54, 1.807) is 0 Å². The average Bonchev–Trinajstić information content (AvgIpc) is 3.02. The standard InChI is InChI=1S/C21H21ClN4O.ClH/c1-14-10-20(25-26(14)13-18-4-2-3-5-19(18)22)24-21(27)16-6-7-17-12-23-9-8-15(17)11-16;/h2-7,10-11,23H,8-9,12-13H2,1H3,(H,24,25,27);1H. The first-order valence-corrected chi connectivity index (χ1v) is 9.40. The number of aromatic nitrogens is 2. The second kappa shape index (κ2) is 8.78. The Morgan fingerprint density at radius 2 is 2.04 bits per heavy atom. The SMILES string of the molecule is Cc1cc(NC(=O)c2ccc3c(c2)CCNC3)nn1Cc1ccccc1Cl.Cl. The normalized spacial score (nSPS) is 12.8. The number of nitrogens with zero attached hydrogens (tertiary/aromatic N) is 2. The van der Waals surface area contributed by atoms with E-state index in [4.69, 9.17) is 11.6 Å². The van der Waals surface area contributed by atoms with E-state index in [9.17, 15) is 4.79 Å². The van der Waals surface area contributed by atoms with Crippen LogP contribution in [0.5, 0.6) is 0 Å². The average molecular weight is 417 g/mol. The molecule has 28 heavy (non-hydrogen) atoms. The quantitative estimate of drug-likeness (QED) is 0.669. The van der Waals surface area contributed by atoms with Gasteiger partial charge in [-0.1, -0.05) is 35.9 Å². The molecule has 1 aromatic heterocycles. The van der Waals surface area contributed by atoms with Gasteiger partial charge in [0, 0.05) is 28.9 Å². The number of hydrogen-bond acceptors (Lipinski definition) is 3. The molecule has 1 aliphatic rings. The Bertz CT molecular complexity index is 1000. The highest BCUT2D eigenvalue weighted by Crippen LogP contribution is 2.20. The van der Waals surface area contributed by atoms with Crippen LogP contribution in [0.4, 0.5) is 5.82 Å². The number of nitrogens with one attached hydrogen (secondary N) is 2. The molecule has 1 amide bonds. The Kier molecular flexibility index (Phi) is 6.39. The number of amides is 1. The lowest BCUT2D eigenvalue weighted by atomic mass is 9.98. The third kappa shape index (κ3) is 4.38. The van der Waals surface area contributed by atoms with Gasteiger partial charge >= 0.3 is 0 Å². The fourth-order valence-corrected chi connectivity index (χ4v) is 3.52. The molecule has 5 nitrogen and oxygen atoms in total. The van der Waals surface area contributed by atoms with Crippen molar-refractivity contribution in [3.63, 3.8) is 0 Å². The summed E-state index contributed by atoms with van der Waals surface area (Å²) >= 11 is 6.24. The van der Waals surface area contributed by atoms with Crippen LogP contribution in [0.3, 0.4) is 0 Å². The Morgan fingerprint density at radius 1 is 1.21 bits per heavy atom. The van der Waals surface area contributed by atoms with Gasteiger partial charge in [0.25, 0.3) is 5.91 Å². The number of halogens is 2. The number of rotatable bonds is 4. The number of carbonyl (C=O) groups excluding carboxylic acids is 1. The van der Waals surface area contributed by atoms with E-state index in [1.165, 1.54) is 11.1 Å². The molecule has 0 bridgehead atoms. The minimum atomic E-state index is -0.140. The molecule has 0 unspecified atom stereocenters. The molecule has 146 valence electrons. The summed E-state index contributed by atoms with van der Waals surface area (Å²) in [6.07, 6.45) is 0.946. The van der Waals surface area contributed by atoms with Crippen LogP contribution in [-0.4, -0.2) is 22.2 Å². The van der Waals surface area contributed by atoms with Gasteiger partial charge in [0.05, 0.1) is 6.54 Å². The Balaban J connectivity index is 0.00000225. The van der Waals surface area contributed by atoms with E-state index in [2.05, 4.69) is 15.7 Å². The van der Waals surface area contributed by atoms with Gasteiger partial charge in [0.15, 0.2) is 5.82 Å². The number of anilines is 1. The molecule has 1 aliphatic heterocycles. The first kappa shape index (κ1) is 20.4. The van der Waals surface area contributed by atoms with E-state index in [-0.39, 0.29) is 18.3 Å². The molecule has 0 atom stereocenters. The zero-order valence-electron chi connectivity index (χ0n) is 15.5. The molecular weight excluding hydrogens is 395 g/mol. The van der Waals surface area contributed by atoms with Gasteiger partial charge in [-0.3, -0.25) is 9.48 Å². The van der Waals surface area contributed by atoms with Crippen molar-refractivity contribution in [3.05, 3.63) is 81.5 Å². The van der Waals surface area contributed by atoms with Crippen molar-refractivity contribution in [1.82, 2.24) is 15.1 Å². The molecule has 7 heteroatoms. The Morgan fingerprint density at radius 3 is 2.86 bits per heavy atom. The number of aryl methyl sites for hydroxylation is 1. The summed E-state index contributed by atoms with van der Waals surface area (Å²) in [7, 11) is 0. The summed E-state index contributed by atoms with van der Waals surface area (Å²) in [5, 5.41) is 11.5. The van der Waals surface area contributed by atoms with E-state index in [0.717, 1.165) is 30.8 Å². The van der Waals surface area contributed by atoms with Crippen LogP contribution in [-0.2, 0) is 19.5 Å². The Hall–Kier alpha value is -2.34. The maximum absolute atomic E-state index is 12.6. The second-order valence-corrected chi connectivity index (χ2v) is 7.19. The van der Waals surface area contributed by atoms with Crippen LogP contribution in [0.2, 0.25) is 5.02 Å². The molecule has 0 saturated heterocycles. The van der Waals surface area contributed by atoms with Gasteiger partial charge in [0.2, 0.25) is 0 Å². The molecule has 0 fully saturated rings. The van der Waals surface area contributed by atoms with Crippen LogP contribution in [0.15, 0.2) is 48.5 Å². The van der Waals surface area contributed by atoms with Crippen LogP contribution in [0.25, 0.3) is 0 Å². The summed E-state index contributed by atoms with van der Waals surface area (Å²) in [4.78, 5) is 12.6. The van der Waals surface area contributed by atoms with Crippen LogP contribution in [0, 0.1) is 6.92 Å². The molecule has 3 aromatic rings. The summed E-state index contributed by atoms with van der Waals surface area (Å²) in [5.41, 5.74) is 5.11. The summed E-state index contributed by atoms with van der Waals surface area (Å²) in [6, 6.07) is 15.5. The van der Waals surface area contributed by atoms with E-state index < -0.39 is 0 Å². The van der Waals surface area contributed by atoms with Gasteiger partial charge < -0.3 is 10.6 Å². The minimum absolute atomic E-state index is 0. The molecule has 2 aromatic carbocycles. The molecule has 0 radical (unpaired) electrons. The second-order valence-electron chi connectivity index (χ2n) is 6.78. The fraction of sp³-hybridized carbons (Fsp3) is 0.238. The van der Waals surface area contributed by atoms with Crippen LogP contribution < -0.4 is 10.6 Å². The third-order valence-electron chi connectivity index (χ3n) is 4.86. The number of carbonyl (C=O) groups is 1. The third-order valence-corrected chi connectivity index (χ3v) is 5.22. The molecule has 4 rings (SSSR count). The largest absolute Gasteiger partial charge is 0.312 e. The lowest BCUT2D eigenvalue weighted by Gasteiger charge is -2.17. The van der Waals surface area contributed by atoms with Gasteiger partial charge in [0.1, 0.15) is 0 Å². The summed E-state index contributed by atoms with van der Waals surface area (Å²) < 4.78 is 1.84. The highest BCUT2D eigenvalue weighted by Gasteiger charge is 2.14. The summed E-state index contributed by atoms with van der Waals surface area (Å²) in [5.74, 6) is 0.405. The highest BCUT2D eigenvalue weighted by atomic mass is 35.5. The van der Waals surface area contributed by atoms with E-state index in [1.807, 2.05) is 60.1 Å². The van der Waals surface area contributed by atoms with Crippen molar-refractivity contribution in [3.8, 4) is 0 Å².